The van der Waals surface area contributed by atoms with Gasteiger partial charge in [-0.25, -0.2) is 0 Å². The number of alkyl halides is 3. The van der Waals surface area contributed by atoms with E-state index in [9.17, 15) is 18.0 Å². The summed E-state index contributed by atoms with van der Waals surface area (Å²) in [5.41, 5.74) is -0.779. The average molecular weight is 307 g/mol. The lowest BCUT2D eigenvalue weighted by atomic mass is 10.0. The molecule has 0 radical (unpaired) electrons. The summed E-state index contributed by atoms with van der Waals surface area (Å²) in [5, 5.41) is 8.70. The molecule has 0 aliphatic rings. The van der Waals surface area contributed by atoms with Crippen LogP contribution in [0.15, 0.2) is 41.4 Å². The fourth-order valence-corrected chi connectivity index (χ4v) is 1.91. The van der Waals surface area contributed by atoms with Gasteiger partial charge in [0.25, 0.3) is 5.78 Å². The Hall–Kier alpha value is -2.46. The van der Waals surface area contributed by atoms with Crippen molar-refractivity contribution in [3.63, 3.8) is 0 Å². The van der Waals surface area contributed by atoms with E-state index in [2.05, 4.69) is 4.98 Å². The van der Waals surface area contributed by atoms with Crippen LogP contribution in [-0.4, -0.2) is 16.9 Å². The SMILES string of the molecule is N#Cc1cc(C(=O)C(F)(F)F)c(-c2ccccc2)nc1[S-]. The zero-order valence-corrected chi connectivity index (χ0v) is 11.1. The summed E-state index contributed by atoms with van der Waals surface area (Å²) in [6.07, 6.45) is -5.05. The minimum Gasteiger partial charge on any atom is -0.759 e. The van der Waals surface area contributed by atoms with Gasteiger partial charge in [0.1, 0.15) is 0 Å². The van der Waals surface area contributed by atoms with E-state index >= 15 is 0 Å². The van der Waals surface area contributed by atoms with Crippen LogP contribution in [0.4, 0.5) is 13.2 Å². The number of aromatic nitrogens is 1. The molecule has 0 bridgehead atoms. The van der Waals surface area contributed by atoms with E-state index in [0.717, 1.165) is 6.07 Å². The Labute approximate surface area is 123 Å². The predicted molar refractivity (Wildman–Crippen MR) is 70.4 cm³/mol. The van der Waals surface area contributed by atoms with Gasteiger partial charge < -0.3 is 12.6 Å². The van der Waals surface area contributed by atoms with Gasteiger partial charge in [-0.1, -0.05) is 35.4 Å². The highest BCUT2D eigenvalue weighted by molar-refractivity contribution is 7.58. The minimum absolute atomic E-state index is 0.143. The zero-order valence-electron chi connectivity index (χ0n) is 10.3. The molecule has 3 nitrogen and oxygen atoms in total. The number of pyridine rings is 1. The van der Waals surface area contributed by atoms with Gasteiger partial charge >= 0.3 is 6.18 Å². The number of ketones is 1. The smallest absolute Gasteiger partial charge is 0.454 e. The van der Waals surface area contributed by atoms with Crippen molar-refractivity contribution in [3.05, 3.63) is 47.5 Å². The number of Topliss-reactive ketones (excluding diaryl/α,β-unsaturated/α-hetero) is 1. The summed E-state index contributed by atoms with van der Waals surface area (Å²) in [6, 6.07) is 10.4. The van der Waals surface area contributed by atoms with Crippen molar-refractivity contribution in [2.24, 2.45) is 0 Å². The number of hydrogen-bond donors (Lipinski definition) is 0. The van der Waals surface area contributed by atoms with Crippen LogP contribution >= 0.6 is 0 Å². The van der Waals surface area contributed by atoms with Crippen LogP contribution in [0.1, 0.15) is 15.9 Å². The summed E-state index contributed by atoms with van der Waals surface area (Å²) >= 11 is 4.85. The molecule has 1 heterocycles. The second-order valence-electron chi connectivity index (χ2n) is 4.04. The standard InChI is InChI=1S/C14H7F3N2OS/c15-14(16,17)12(20)10-6-9(7-18)13(21)19-11(10)8-4-2-1-3-5-8/h1-6H,(H,19,21)/p-1. The summed E-state index contributed by atoms with van der Waals surface area (Å²) in [4.78, 5) is 15.4. The first-order chi connectivity index (χ1) is 9.84. The molecule has 0 unspecified atom stereocenters. The number of hydrogen-bond acceptors (Lipinski definition) is 4. The zero-order chi connectivity index (χ0) is 15.6. The number of carbonyl (C=O) groups excluding carboxylic acids is 1. The Bertz CT molecular complexity index is 736. The van der Waals surface area contributed by atoms with E-state index in [0.29, 0.717) is 5.56 Å². The van der Waals surface area contributed by atoms with E-state index in [-0.39, 0.29) is 16.3 Å². The van der Waals surface area contributed by atoms with Crippen molar-refractivity contribution in [3.8, 4) is 17.3 Å². The molecule has 106 valence electrons. The molecule has 7 heteroatoms. The second kappa shape index (κ2) is 5.50. The maximum atomic E-state index is 12.7. The number of nitriles is 1. The molecule has 0 aliphatic carbocycles. The average Bonchev–Trinajstić information content (AvgIpc) is 2.46. The van der Waals surface area contributed by atoms with Gasteiger partial charge in [0.2, 0.25) is 0 Å². The van der Waals surface area contributed by atoms with Gasteiger partial charge in [0.05, 0.1) is 22.9 Å². The molecule has 0 amide bonds. The highest BCUT2D eigenvalue weighted by Gasteiger charge is 2.41. The van der Waals surface area contributed by atoms with Crippen LogP contribution in [0.3, 0.4) is 0 Å². The van der Waals surface area contributed by atoms with Crippen LogP contribution in [0.5, 0.6) is 0 Å². The Morgan fingerprint density at radius 1 is 1.24 bits per heavy atom. The summed E-state index contributed by atoms with van der Waals surface area (Å²) in [7, 11) is 0. The highest BCUT2D eigenvalue weighted by atomic mass is 32.1. The maximum absolute atomic E-state index is 12.7. The van der Waals surface area contributed by atoms with E-state index < -0.39 is 17.5 Å². The largest absolute Gasteiger partial charge is 0.759 e. The van der Waals surface area contributed by atoms with Gasteiger partial charge in [0.15, 0.2) is 0 Å². The third kappa shape index (κ3) is 3.01. The molecule has 0 saturated heterocycles. The van der Waals surface area contributed by atoms with Gasteiger partial charge in [-0.15, -0.1) is 0 Å². The summed E-state index contributed by atoms with van der Waals surface area (Å²) < 4.78 is 38.0. The molecular weight excluding hydrogens is 301 g/mol. The Balaban J connectivity index is 2.73. The normalized spacial score (nSPS) is 11.0. The van der Waals surface area contributed by atoms with Crippen LogP contribution in [0.2, 0.25) is 0 Å². The number of rotatable bonds is 2. The van der Waals surface area contributed by atoms with Crippen molar-refractivity contribution in [1.82, 2.24) is 4.98 Å². The Morgan fingerprint density at radius 3 is 2.38 bits per heavy atom. The monoisotopic (exact) mass is 307 g/mol. The fourth-order valence-electron chi connectivity index (χ4n) is 1.72. The molecular formula is C14H6F3N2OS-. The van der Waals surface area contributed by atoms with Crippen LogP contribution in [0, 0.1) is 11.3 Å². The third-order valence-electron chi connectivity index (χ3n) is 2.66. The van der Waals surface area contributed by atoms with Gasteiger partial charge in [-0.3, -0.25) is 9.78 Å². The Kier molecular flexibility index (Phi) is 3.91. The van der Waals surface area contributed by atoms with Crippen molar-refractivity contribution < 1.29 is 18.0 Å². The molecule has 21 heavy (non-hydrogen) atoms. The molecule has 0 saturated carbocycles. The van der Waals surface area contributed by atoms with Gasteiger partial charge in [-0.05, 0) is 6.07 Å². The lowest BCUT2D eigenvalue weighted by molar-refractivity contribution is -0.0885. The lowest BCUT2D eigenvalue weighted by Gasteiger charge is -2.15. The molecule has 2 aromatic rings. The van der Waals surface area contributed by atoms with Crippen molar-refractivity contribution in [1.29, 1.82) is 5.26 Å². The molecule has 0 spiro atoms. The molecule has 1 aromatic heterocycles. The first kappa shape index (κ1) is 14.9. The van der Waals surface area contributed by atoms with E-state index in [4.69, 9.17) is 17.9 Å². The van der Waals surface area contributed by atoms with Gasteiger partial charge in [0, 0.05) is 5.56 Å². The van der Waals surface area contributed by atoms with Crippen LogP contribution in [-0.2, 0) is 12.6 Å². The van der Waals surface area contributed by atoms with Crippen molar-refractivity contribution >= 4 is 18.4 Å². The van der Waals surface area contributed by atoms with Crippen LogP contribution in [0.25, 0.3) is 11.3 Å². The molecule has 0 N–H and O–H groups in total. The second-order valence-corrected chi connectivity index (χ2v) is 4.43. The van der Waals surface area contributed by atoms with E-state index in [1.807, 2.05) is 0 Å². The highest BCUT2D eigenvalue weighted by Crippen LogP contribution is 2.29. The molecule has 1 aromatic carbocycles. The lowest BCUT2D eigenvalue weighted by Crippen LogP contribution is -2.24. The number of benzene rings is 1. The predicted octanol–water partition coefficient (Wildman–Crippen LogP) is 3.27. The summed E-state index contributed by atoms with van der Waals surface area (Å²) in [5.74, 6) is -2.06. The number of halogens is 3. The number of nitrogens with zero attached hydrogens (tertiary/aromatic N) is 2. The maximum Gasteiger partial charge on any atom is 0.454 e. The first-order valence-electron chi connectivity index (χ1n) is 5.63. The first-order valence-corrected chi connectivity index (χ1v) is 6.04. The molecule has 0 atom stereocenters. The minimum atomic E-state index is -5.05. The van der Waals surface area contributed by atoms with Crippen molar-refractivity contribution in [2.75, 3.05) is 0 Å². The molecule has 0 fully saturated rings. The molecule has 2 rings (SSSR count). The third-order valence-corrected chi connectivity index (χ3v) is 2.97. The van der Waals surface area contributed by atoms with E-state index in [1.165, 1.54) is 12.1 Å². The van der Waals surface area contributed by atoms with Crippen LogP contribution < -0.4 is 0 Å². The van der Waals surface area contributed by atoms with E-state index in [1.54, 1.807) is 24.3 Å². The quantitative estimate of drug-likeness (QED) is 0.631. The van der Waals surface area contributed by atoms with Crippen molar-refractivity contribution in [2.45, 2.75) is 11.2 Å². The number of carbonyl (C=O) groups is 1. The Morgan fingerprint density at radius 2 is 1.86 bits per heavy atom. The van der Waals surface area contributed by atoms with Gasteiger partial charge in [-0.2, -0.15) is 18.4 Å². The summed E-state index contributed by atoms with van der Waals surface area (Å²) in [6.45, 7) is 0. The topological polar surface area (TPSA) is 53.8 Å². The fraction of sp³-hybridized carbons (Fsp3) is 0.0714. The molecule has 0 aliphatic heterocycles.